The lowest BCUT2D eigenvalue weighted by Gasteiger charge is -2.26. The van der Waals surface area contributed by atoms with E-state index in [9.17, 15) is 0 Å². The molecule has 0 fully saturated rings. The average molecular weight is 629 g/mol. The Balaban J connectivity index is 1.10. The maximum atomic E-state index is 6.29. The maximum Gasteiger partial charge on any atom is 0.227 e. The fourth-order valence-corrected chi connectivity index (χ4v) is 7.09. The Bertz CT molecular complexity index is 2820. The smallest absolute Gasteiger partial charge is 0.227 e. The minimum absolute atomic E-state index is 0.627. The third-order valence-corrected chi connectivity index (χ3v) is 9.47. The molecule has 8 aromatic carbocycles. The quantitative estimate of drug-likeness (QED) is 0.178. The third kappa shape index (κ3) is 4.57. The topological polar surface area (TPSA) is 42.4 Å². The summed E-state index contributed by atoms with van der Waals surface area (Å²) in [5, 5.41) is 6.77. The third-order valence-electron chi connectivity index (χ3n) is 9.47. The van der Waals surface area contributed by atoms with E-state index in [1.54, 1.807) is 0 Å². The highest BCUT2D eigenvalue weighted by Crippen LogP contribution is 2.41. The van der Waals surface area contributed by atoms with Gasteiger partial charge in [-0.1, -0.05) is 97.1 Å². The first-order valence-electron chi connectivity index (χ1n) is 16.5. The van der Waals surface area contributed by atoms with Gasteiger partial charge in [-0.25, -0.2) is 4.98 Å². The summed E-state index contributed by atoms with van der Waals surface area (Å²) in [6.07, 6.45) is 0. The molecule has 0 amide bonds. The van der Waals surface area contributed by atoms with E-state index in [1.807, 2.05) is 48.5 Å². The molecule has 0 N–H and O–H groups in total. The van der Waals surface area contributed by atoms with Crippen LogP contribution in [0.15, 0.2) is 179 Å². The summed E-state index contributed by atoms with van der Waals surface area (Å²) in [4.78, 5) is 7.34. The van der Waals surface area contributed by atoms with Crippen LogP contribution < -0.4 is 4.90 Å². The van der Waals surface area contributed by atoms with Gasteiger partial charge in [-0.05, 0) is 100 Å². The van der Waals surface area contributed by atoms with Crippen molar-refractivity contribution >= 4 is 71.6 Å². The van der Waals surface area contributed by atoms with Crippen LogP contribution in [-0.2, 0) is 0 Å². The summed E-state index contributed by atoms with van der Waals surface area (Å²) >= 11 is 0. The lowest BCUT2D eigenvalue weighted by atomic mass is 9.99. The maximum absolute atomic E-state index is 6.29. The normalized spacial score (nSPS) is 11.7. The summed E-state index contributed by atoms with van der Waals surface area (Å²) < 4.78 is 12.5. The summed E-state index contributed by atoms with van der Waals surface area (Å²) in [6.45, 7) is 0. The number of furan rings is 1. The molecule has 10 aromatic rings. The van der Waals surface area contributed by atoms with Gasteiger partial charge in [0.05, 0.1) is 0 Å². The Morgan fingerprint density at radius 3 is 1.90 bits per heavy atom. The highest BCUT2D eigenvalue weighted by atomic mass is 16.3. The van der Waals surface area contributed by atoms with E-state index in [0.29, 0.717) is 5.89 Å². The second-order valence-electron chi connectivity index (χ2n) is 12.4. The SMILES string of the molecule is c1ccc(-c2nc3c(ccc4ccc5ccc(N(c6ccccc6)c6ccc(-c7ccc8c(c7)oc7ccccc78)cc6)cc5c43)o2)cc1. The Morgan fingerprint density at radius 2 is 1.04 bits per heavy atom. The van der Waals surface area contributed by atoms with Crippen LogP contribution in [0.5, 0.6) is 0 Å². The van der Waals surface area contributed by atoms with E-state index in [2.05, 4.69) is 126 Å². The zero-order chi connectivity index (χ0) is 32.3. The summed E-state index contributed by atoms with van der Waals surface area (Å²) in [5.41, 5.74) is 9.88. The number of aromatic nitrogens is 1. The van der Waals surface area contributed by atoms with Crippen molar-refractivity contribution in [2.24, 2.45) is 0 Å². The number of para-hydroxylation sites is 2. The Hall–Kier alpha value is -6.65. The lowest BCUT2D eigenvalue weighted by Crippen LogP contribution is -2.09. The molecule has 0 saturated heterocycles. The highest BCUT2D eigenvalue weighted by molar-refractivity contribution is 6.19. The van der Waals surface area contributed by atoms with Gasteiger partial charge in [0.15, 0.2) is 5.58 Å². The standard InChI is InChI=1S/C45H28N2O2/c1-3-9-32(10-4-1)45-46-44-41(49-45)26-21-31-16-15-30-19-24-36(28-39(30)43(31)44)47(34-11-5-2-6-12-34)35-22-17-29(18-23-35)33-20-25-38-37-13-7-8-14-40(37)48-42(38)27-33/h1-28H. The van der Waals surface area contributed by atoms with Gasteiger partial charge >= 0.3 is 0 Å². The van der Waals surface area contributed by atoms with Crippen LogP contribution in [0.1, 0.15) is 0 Å². The first-order chi connectivity index (χ1) is 24.3. The zero-order valence-corrected chi connectivity index (χ0v) is 26.4. The number of hydrogen-bond acceptors (Lipinski definition) is 4. The van der Waals surface area contributed by atoms with Crippen LogP contribution >= 0.6 is 0 Å². The predicted octanol–water partition coefficient (Wildman–Crippen LogP) is 12.8. The van der Waals surface area contributed by atoms with E-state index >= 15 is 0 Å². The van der Waals surface area contributed by atoms with Crippen molar-refractivity contribution in [1.82, 2.24) is 4.98 Å². The van der Waals surface area contributed by atoms with Gasteiger partial charge in [0.25, 0.3) is 0 Å². The number of fused-ring (bicyclic) bond motifs is 8. The van der Waals surface area contributed by atoms with Crippen molar-refractivity contribution in [3.8, 4) is 22.6 Å². The van der Waals surface area contributed by atoms with Crippen LogP contribution in [0.25, 0.3) is 77.2 Å². The van der Waals surface area contributed by atoms with Crippen LogP contribution in [0.3, 0.4) is 0 Å². The van der Waals surface area contributed by atoms with Crippen LogP contribution in [-0.4, -0.2) is 4.98 Å². The molecule has 0 radical (unpaired) electrons. The van der Waals surface area contributed by atoms with Gasteiger partial charge in [-0.2, -0.15) is 0 Å². The molecule has 4 heteroatoms. The first kappa shape index (κ1) is 27.5. The molecule has 0 atom stereocenters. The van der Waals surface area contributed by atoms with E-state index in [-0.39, 0.29) is 0 Å². The van der Waals surface area contributed by atoms with Crippen molar-refractivity contribution in [3.63, 3.8) is 0 Å². The van der Waals surface area contributed by atoms with Crippen molar-refractivity contribution in [3.05, 3.63) is 170 Å². The fourth-order valence-electron chi connectivity index (χ4n) is 7.09. The molecule has 0 aliphatic heterocycles. The molecule has 230 valence electrons. The second-order valence-corrected chi connectivity index (χ2v) is 12.4. The van der Waals surface area contributed by atoms with Crippen molar-refractivity contribution in [2.45, 2.75) is 0 Å². The Morgan fingerprint density at radius 1 is 0.388 bits per heavy atom. The van der Waals surface area contributed by atoms with E-state index in [0.717, 1.165) is 88.3 Å². The van der Waals surface area contributed by atoms with Gasteiger partial charge in [0, 0.05) is 38.8 Å². The largest absolute Gasteiger partial charge is 0.456 e. The zero-order valence-electron chi connectivity index (χ0n) is 26.4. The second kappa shape index (κ2) is 11.0. The monoisotopic (exact) mass is 628 g/mol. The Kier molecular flexibility index (Phi) is 6.15. The molecule has 4 nitrogen and oxygen atoms in total. The Labute approximate surface area is 282 Å². The fraction of sp³-hybridized carbons (Fsp3) is 0. The number of oxazole rings is 1. The molecule has 0 unspecified atom stereocenters. The minimum atomic E-state index is 0.627. The number of rotatable bonds is 5. The van der Waals surface area contributed by atoms with Gasteiger partial charge in [0.2, 0.25) is 5.89 Å². The molecule has 0 aliphatic carbocycles. The molecule has 0 saturated carbocycles. The highest BCUT2D eigenvalue weighted by Gasteiger charge is 2.17. The molecule has 0 bridgehead atoms. The minimum Gasteiger partial charge on any atom is -0.456 e. The molecule has 0 spiro atoms. The molecule has 2 heterocycles. The van der Waals surface area contributed by atoms with Crippen LogP contribution in [0, 0.1) is 0 Å². The van der Waals surface area contributed by atoms with E-state index < -0.39 is 0 Å². The molecule has 49 heavy (non-hydrogen) atoms. The van der Waals surface area contributed by atoms with Gasteiger partial charge < -0.3 is 13.7 Å². The van der Waals surface area contributed by atoms with Gasteiger partial charge in [-0.3, -0.25) is 0 Å². The van der Waals surface area contributed by atoms with E-state index in [4.69, 9.17) is 13.8 Å². The number of hydrogen-bond donors (Lipinski definition) is 0. The van der Waals surface area contributed by atoms with Gasteiger partial charge in [-0.15, -0.1) is 0 Å². The van der Waals surface area contributed by atoms with Crippen molar-refractivity contribution < 1.29 is 8.83 Å². The summed E-state index contributed by atoms with van der Waals surface area (Å²) in [5.74, 6) is 0.627. The molecule has 0 aliphatic rings. The van der Waals surface area contributed by atoms with Crippen LogP contribution in [0.4, 0.5) is 17.1 Å². The molecule has 10 rings (SSSR count). The van der Waals surface area contributed by atoms with Crippen molar-refractivity contribution in [1.29, 1.82) is 0 Å². The summed E-state index contributed by atoms with van der Waals surface area (Å²) in [6, 6.07) is 59.2. The number of anilines is 3. The molecular formula is C45H28N2O2. The molecular weight excluding hydrogens is 601 g/mol. The number of benzene rings is 8. The predicted molar refractivity (Wildman–Crippen MR) is 202 cm³/mol. The summed E-state index contributed by atoms with van der Waals surface area (Å²) in [7, 11) is 0. The van der Waals surface area contributed by atoms with E-state index in [1.165, 1.54) is 0 Å². The van der Waals surface area contributed by atoms with Crippen LogP contribution in [0.2, 0.25) is 0 Å². The van der Waals surface area contributed by atoms with Crippen molar-refractivity contribution in [2.75, 3.05) is 4.90 Å². The van der Waals surface area contributed by atoms with Gasteiger partial charge in [0.1, 0.15) is 16.7 Å². The molecule has 2 aromatic heterocycles. The first-order valence-corrected chi connectivity index (χ1v) is 16.5. The number of nitrogens with zero attached hydrogens (tertiary/aromatic N) is 2. The lowest BCUT2D eigenvalue weighted by molar-refractivity contribution is 0.620. The average Bonchev–Trinajstić information content (AvgIpc) is 3.78.